The lowest BCUT2D eigenvalue weighted by Gasteiger charge is -2.09. The molecule has 1 aromatic heterocycles. The summed E-state index contributed by atoms with van der Waals surface area (Å²) >= 11 is 13.6. The van der Waals surface area contributed by atoms with E-state index >= 15 is 0 Å². The van der Waals surface area contributed by atoms with Crippen molar-refractivity contribution >= 4 is 68.8 Å². The van der Waals surface area contributed by atoms with E-state index in [1.54, 1.807) is 18.2 Å². The minimum atomic E-state index is -0.224. The Labute approximate surface area is 194 Å². The highest BCUT2D eigenvalue weighted by Crippen LogP contribution is 2.35. The van der Waals surface area contributed by atoms with Crippen molar-refractivity contribution in [1.29, 1.82) is 0 Å². The van der Waals surface area contributed by atoms with Crippen LogP contribution in [0.25, 0.3) is 17.1 Å². The summed E-state index contributed by atoms with van der Waals surface area (Å²) in [5.41, 5.74) is 3.84. The zero-order valence-electron chi connectivity index (χ0n) is 16.9. The average Bonchev–Trinajstić information content (AvgIpc) is 3.08. The summed E-state index contributed by atoms with van der Waals surface area (Å²) in [5.74, 6) is -0.224. The zero-order chi connectivity index (χ0) is 22.0. The van der Waals surface area contributed by atoms with Gasteiger partial charge in [0.15, 0.2) is 5.17 Å². The van der Waals surface area contributed by atoms with Crippen molar-refractivity contribution in [1.82, 2.24) is 20.2 Å². The normalized spacial score (nSPS) is 16.6. The van der Waals surface area contributed by atoms with E-state index in [1.807, 2.05) is 44.6 Å². The molecule has 2 aromatic carbocycles. The van der Waals surface area contributed by atoms with Crippen molar-refractivity contribution in [2.24, 2.45) is 4.99 Å². The molecule has 31 heavy (non-hydrogen) atoms. The Bertz CT molecular complexity index is 1210. The molecule has 0 radical (unpaired) electrons. The van der Waals surface area contributed by atoms with E-state index in [0.29, 0.717) is 25.8 Å². The number of benzene rings is 2. The molecule has 0 unspecified atom stereocenters. The summed E-state index contributed by atoms with van der Waals surface area (Å²) in [6.45, 7) is 0.901. The molecule has 0 aliphatic carbocycles. The van der Waals surface area contributed by atoms with Gasteiger partial charge in [0.1, 0.15) is 5.69 Å². The van der Waals surface area contributed by atoms with E-state index in [9.17, 15) is 4.79 Å². The molecule has 0 bridgehead atoms. The number of nitrogens with zero attached hydrogens (tertiary/aromatic N) is 4. The van der Waals surface area contributed by atoms with Crippen molar-refractivity contribution < 1.29 is 4.79 Å². The molecule has 1 saturated heterocycles. The summed E-state index contributed by atoms with van der Waals surface area (Å²) in [6, 6.07) is 10.9. The molecular formula is C22H19Cl2N5OS. The maximum Gasteiger partial charge on any atom is 0.264 e. The van der Waals surface area contributed by atoms with Gasteiger partial charge < -0.3 is 10.2 Å². The Kier molecular flexibility index (Phi) is 6.57. The molecule has 158 valence electrons. The number of halogens is 2. The second kappa shape index (κ2) is 9.36. The number of carbonyl (C=O) groups is 1. The van der Waals surface area contributed by atoms with Crippen LogP contribution >= 0.6 is 35.0 Å². The predicted octanol–water partition coefficient (Wildman–Crippen LogP) is 4.93. The Morgan fingerprint density at radius 3 is 2.68 bits per heavy atom. The van der Waals surface area contributed by atoms with E-state index in [1.165, 1.54) is 11.8 Å². The molecule has 4 rings (SSSR count). The number of aliphatic imine (C=N–C) groups is 1. The summed E-state index contributed by atoms with van der Waals surface area (Å²) in [6.07, 6.45) is 4.45. The van der Waals surface area contributed by atoms with Crippen LogP contribution in [0.4, 0.5) is 5.69 Å². The number of hydrogen-bond donors (Lipinski definition) is 1. The van der Waals surface area contributed by atoms with Crippen molar-refractivity contribution in [3.05, 3.63) is 68.8 Å². The standard InChI is InChI=1S/C22H19Cl2N5OS/c1-29(2)9-8-14-12-25-17-7-6-13(10-18(17)26-14)11-19-21(30)28-22(31-19)27-20-15(23)4-3-5-16(20)24/h3-7,10-12H,8-9H2,1-2H3,(H,27,28,30)/b19-11-. The van der Waals surface area contributed by atoms with E-state index in [-0.39, 0.29) is 5.91 Å². The number of fused-ring (bicyclic) bond motifs is 1. The van der Waals surface area contributed by atoms with Crippen LogP contribution < -0.4 is 5.32 Å². The number of amides is 1. The van der Waals surface area contributed by atoms with Crippen molar-refractivity contribution in [2.75, 3.05) is 20.6 Å². The van der Waals surface area contributed by atoms with Gasteiger partial charge >= 0.3 is 0 Å². The number of amidine groups is 1. The van der Waals surface area contributed by atoms with Crippen molar-refractivity contribution in [3.63, 3.8) is 0 Å². The summed E-state index contributed by atoms with van der Waals surface area (Å²) in [5, 5.41) is 4.03. The maximum atomic E-state index is 12.4. The number of carbonyl (C=O) groups excluding carboxylic acids is 1. The average molecular weight is 472 g/mol. The number of thioether (sulfide) groups is 1. The number of para-hydroxylation sites is 1. The molecule has 9 heteroatoms. The number of hydrogen-bond acceptors (Lipinski definition) is 6. The first-order valence-corrected chi connectivity index (χ1v) is 11.1. The fraction of sp³-hybridized carbons (Fsp3) is 0.182. The van der Waals surface area contributed by atoms with Gasteiger partial charge in [-0.3, -0.25) is 9.78 Å². The molecule has 1 aliphatic rings. The van der Waals surface area contributed by atoms with Crippen LogP contribution in [0, 0.1) is 0 Å². The molecule has 1 fully saturated rings. The monoisotopic (exact) mass is 471 g/mol. The third-order valence-electron chi connectivity index (χ3n) is 4.53. The third kappa shape index (κ3) is 5.25. The minimum Gasteiger partial charge on any atom is -0.309 e. The molecule has 2 heterocycles. The van der Waals surface area contributed by atoms with Crippen LogP contribution in [0.1, 0.15) is 11.3 Å². The van der Waals surface area contributed by atoms with Gasteiger partial charge in [-0.25, -0.2) is 9.98 Å². The predicted molar refractivity (Wildman–Crippen MR) is 129 cm³/mol. The highest BCUT2D eigenvalue weighted by molar-refractivity contribution is 8.18. The Morgan fingerprint density at radius 2 is 1.94 bits per heavy atom. The SMILES string of the molecule is CN(C)CCc1cnc2ccc(/C=C3\SC(=Nc4c(Cl)cccc4Cl)NC3=O)cc2n1. The van der Waals surface area contributed by atoms with Gasteiger partial charge in [-0.05, 0) is 61.8 Å². The third-order valence-corrected chi connectivity index (χ3v) is 6.05. The quantitative estimate of drug-likeness (QED) is 0.533. The number of likely N-dealkylation sites (N-methyl/N-ethyl adjacent to an activating group) is 1. The number of rotatable bonds is 5. The van der Waals surface area contributed by atoms with Crippen LogP contribution in [0.15, 0.2) is 52.5 Å². The summed E-state index contributed by atoms with van der Waals surface area (Å²) in [7, 11) is 4.06. The van der Waals surface area contributed by atoms with Gasteiger partial charge in [0.05, 0.1) is 31.7 Å². The molecular weight excluding hydrogens is 453 g/mol. The molecule has 0 spiro atoms. The van der Waals surface area contributed by atoms with Crippen LogP contribution in [-0.2, 0) is 11.2 Å². The molecule has 1 amide bonds. The van der Waals surface area contributed by atoms with Gasteiger partial charge in [-0.15, -0.1) is 0 Å². The molecule has 1 aliphatic heterocycles. The van der Waals surface area contributed by atoms with Crippen molar-refractivity contribution in [3.8, 4) is 0 Å². The first-order valence-electron chi connectivity index (χ1n) is 9.53. The maximum absolute atomic E-state index is 12.4. The smallest absolute Gasteiger partial charge is 0.264 e. The molecule has 0 atom stereocenters. The second-order valence-corrected chi connectivity index (χ2v) is 9.06. The first-order chi connectivity index (χ1) is 14.9. The zero-order valence-corrected chi connectivity index (χ0v) is 19.2. The lowest BCUT2D eigenvalue weighted by Crippen LogP contribution is -2.19. The fourth-order valence-corrected chi connectivity index (χ4v) is 4.25. The Hall–Kier alpha value is -2.45. The second-order valence-electron chi connectivity index (χ2n) is 7.21. The molecule has 6 nitrogen and oxygen atoms in total. The van der Waals surface area contributed by atoms with Gasteiger partial charge in [0, 0.05) is 19.2 Å². The van der Waals surface area contributed by atoms with Crippen LogP contribution in [0.2, 0.25) is 10.0 Å². The van der Waals surface area contributed by atoms with Crippen LogP contribution in [0.3, 0.4) is 0 Å². The number of nitrogens with one attached hydrogen (secondary N) is 1. The topological polar surface area (TPSA) is 70.5 Å². The Morgan fingerprint density at radius 1 is 1.16 bits per heavy atom. The van der Waals surface area contributed by atoms with E-state index in [2.05, 4.69) is 20.2 Å². The van der Waals surface area contributed by atoms with Gasteiger partial charge in [-0.1, -0.05) is 35.3 Å². The molecule has 1 N–H and O–H groups in total. The lowest BCUT2D eigenvalue weighted by atomic mass is 10.1. The van der Waals surface area contributed by atoms with E-state index < -0.39 is 0 Å². The fourth-order valence-electron chi connectivity index (χ4n) is 2.94. The van der Waals surface area contributed by atoms with E-state index in [0.717, 1.165) is 35.3 Å². The van der Waals surface area contributed by atoms with Gasteiger partial charge in [-0.2, -0.15) is 0 Å². The van der Waals surface area contributed by atoms with Crippen LogP contribution in [0.5, 0.6) is 0 Å². The highest BCUT2D eigenvalue weighted by Gasteiger charge is 2.24. The largest absolute Gasteiger partial charge is 0.309 e. The lowest BCUT2D eigenvalue weighted by molar-refractivity contribution is -0.115. The minimum absolute atomic E-state index is 0.224. The van der Waals surface area contributed by atoms with Crippen LogP contribution in [-0.4, -0.2) is 46.6 Å². The van der Waals surface area contributed by atoms with E-state index in [4.69, 9.17) is 28.2 Å². The Balaban J connectivity index is 1.59. The van der Waals surface area contributed by atoms with Gasteiger partial charge in [0.2, 0.25) is 0 Å². The number of aromatic nitrogens is 2. The summed E-state index contributed by atoms with van der Waals surface area (Å²) < 4.78 is 0. The molecule has 3 aromatic rings. The van der Waals surface area contributed by atoms with Gasteiger partial charge in [0.25, 0.3) is 5.91 Å². The highest BCUT2D eigenvalue weighted by atomic mass is 35.5. The summed E-state index contributed by atoms with van der Waals surface area (Å²) in [4.78, 5) is 28.7. The van der Waals surface area contributed by atoms with Crippen molar-refractivity contribution in [2.45, 2.75) is 6.42 Å². The molecule has 0 saturated carbocycles. The first kappa shape index (κ1) is 21.8.